The van der Waals surface area contributed by atoms with E-state index in [4.69, 9.17) is 0 Å². The van der Waals surface area contributed by atoms with Crippen LogP contribution in [-0.4, -0.2) is 30.0 Å². The molecule has 5 nitrogen and oxygen atoms in total. The minimum Gasteiger partial charge on any atom is -0.363 e. The van der Waals surface area contributed by atoms with E-state index in [-0.39, 0.29) is 5.91 Å². The van der Waals surface area contributed by atoms with Crippen LogP contribution in [0.15, 0.2) is 60.9 Å². The Balaban J connectivity index is 1.76. The molecule has 0 aliphatic rings. The average Bonchev–Trinajstić information content (AvgIpc) is 2.65. The number of hydrogen-bond acceptors (Lipinski definition) is 4. The second-order valence-corrected chi connectivity index (χ2v) is 5.89. The van der Waals surface area contributed by atoms with E-state index in [1.54, 1.807) is 18.5 Å². The SMILES string of the molecule is CN(C)c1cc(CNC(=O)/C=C\c2cccnc2)c2ccccc2n1. The quantitative estimate of drug-likeness (QED) is 0.730. The number of carbonyl (C=O) groups excluding carboxylic acids is 1. The third kappa shape index (κ3) is 4.20. The third-order valence-electron chi connectivity index (χ3n) is 3.81. The summed E-state index contributed by atoms with van der Waals surface area (Å²) < 4.78 is 0. The first-order valence-electron chi connectivity index (χ1n) is 8.05. The van der Waals surface area contributed by atoms with E-state index in [1.165, 1.54) is 6.08 Å². The number of para-hydroxylation sites is 1. The summed E-state index contributed by atoms with van der Waals surface area (Å²) in [6.07, 6.45) is 6.68. The zero-order valence-corrected chi connectivity index (χ0v) is 14.3. The predicted molar refractivity (Wildman–Crippen MR) is 101 cm³/mol. The smallest absolute Gasteiger partial charge is 0.244 e. The van der Waals surface area contributed by atoms with Crippen molar-refractivity contribution in [2.24, 2.45) is 0 Å². The predicted octanol–water partition coefficient (Wildman–Crippen LogP) is 3.03. The number of aromatic nitrogens is 2. The van der Waals surface area contributed by atoms with E-state index in [0.717, 1.165) is 27.8 Å². The Morgan fingerprint density at radius 1 is 1.20 bits per heavy atom. The molecule has 0 fully saturated rings. The monoisotopic (exact) mass is 332 g/mol. The molecule has 0 saturated carbocycles. The molecular formula is C20H20N4O. The van der Waals surface area contributed by atoms with Gasteiger partial charge in [-0.1, -0.05) is 24.3 Å². The Morgan fingerprint density at radius 3 is 2.80 bits per heavy atom. The summed E-state index contributed by atoms with van der Waals surface area (Å²) in [4.78, 5) is 22.7. The number of nitrogens with zero attached hydrogens (tertiary/aromatic N) is 3. The lowest BCUT2D eigenvalue weighted by Crippen LogP contribution is -2.21. The number of benzene rings is 1. The number of amides is 1. The third-order valence-corrected chi connectivity index (χ3v) is 3.81. The molecule has 0 spiro atoms. The van der Waals surface area contributed by atoms with Crippen LogP contribution in [-0.2, 0) is 11.3 Å². The van der Waals surface area contributed by atoms with Crippen molar-refractivity contribution in [2.45, 2.75) is 6.54 Å². The standard InChI is InChI=1S/C20H20N4O/c1-24(2)19-12-16(17-7-3-4-8-18(17)23-19)14-22-20(25)10-9-15-6-5-11-21-13-15/h3-13H,14H2,1-2H3,(H,22,25)/b10-9-. The number of hydrogen-bond donors (Lipinski definition) is 1. The lowest BCUT2D eigenvalue weighted by Gasteiger charge is -2.15. The molecule has 1 amide bonds. The fourth-order valence-corrected chi connectivity index (χ4v) is 2.50. The number of anilines is 1. The van der Waals surface area contributed by atoms with Crippen LogP contribution in [0, 0.1) is 0 Å². The highest BCUT2D eigenvalue weighted by Crippen LogP contribution is 2.21. The Kier molecular flexibility index (Phi) is 5.04. The molecule has 25 heavy (non-hydrogen) atoms. The van der Waals surface area contributed by atoms with Crippen molar-refractivity contribution in [3.8, 4) is 0 Å². The van der Waals surface area contributed by atoms with Crippen molar-refractivity contribution in [1.29, 1.82) is 0 Å². The van der Waals surface area contributed by atoms with E-state index < -0.39 is 0 Å². The Labute approximate surface area is 147 Å². The van der Waals surface area contributed by atoms with Gasteiger partial charge < -0.3 is 10.2 Å². The van der Waals surface area contributed by atoms with E-state index in [0.29, 0.717) is 6.54 Å². The first kappa shape index (κ1) is 16.6. The molecule has 3 aromatic rings. The first-order chi connectivity index (χ1) is 12.1. The highest BCUT2D eigenvalue weighted by atomic mass is 16.1. The van der Waals surface area contributed by atoms with Crippen LogP contribution in [0.1, 0.15) is 11.1 Å². The van der Waals surface area contributed by atoms with Gasteiger partial charge in [-0.2, -0.15) is 0 Å². The van der Waals surface area contributed by atoms with E-state index >= 15 is 0 Å². The summed E-state index contributed by atoms with van der Waals surface area (Å²) >= 11 is 0. The molecule has 126 valence electrons. The molecule has 0 radical (unpaired) electrons. The molecule has 2 aromatic heterocycles. The fraction of sp³-hybridized carbons (Fsp3) is 0.150. The van der Waals surface area contributed by atoms with Crippen molar-refractivity contribution < 1.29 is 4.79 Å². The van der Waals surface area contributed by atoms with Crippen LogP contribution in [0.3, 0.4) is 0 Å². The number of pyridine rings is 2. The first-order valence-corrected chi connectivity index (χ1v) is 8.05. The second kappa shape index (κ2) is 7.57. The summed E-state index contributed by atoms with van der Waals surface area (Å²) in [5.41, 5.74) is 2.85. The Morgan fingerprint density at radius 2 is 2.04 bits per heavy atom. The van der Waals surface area contributed by atoms with Crippen LogP contribution in [0.2, 0.25) is 0 Å². The van der Waals surface area contributed by atoms with Crippen LogP contribution < -0.4 is 10.2 Å². The van der Waals surface area contributed by atoms with Gasteiger partial charge in [-0.25, -0.2) is 4.98 Å². The largest absolute Gasteiger partial charge is 0.363 e. The topological polar surface area (TPSA) is 58.1 Å². The molecule has 0 aliphatic carbocycles. The van der Waals surface area contributed by atoms with Crippen molar-refractivity contribution in [3.63, 3.8) is 0 Å². The van der Waals surface area contributed by atoms with Gasteiger partial charge in [0.2, 0.25) is 5.91 Å². The molecule has 0 saturated heterocycles. The van der Waals surface area contributed by atoms with Crippen molar-refractivity contribution in [1.82, 2.24) is 15.3 Å². The number of nitrogens with one attached hydrogen (secondary N) is 1. The van der Waals surface area contributed by atoms with E-state index in [2.05, 4.69) is 15.3 Å². The summed E-state index contributed by atoms with van der Waals surface area (Å²) in [5, 5.41) is 3.98. The van der Waals surface area contributed by atoms with Gasteiger partial charge >= 0.3 is 0 Å². The highest BCUT2D eigenvalue weighted by molar-refractivity contribution is 5.92. The maximum atomic E-state index is 12.1. The lowest BCUT2D eigenvalue weighted by atomic mass is 10.1. The molecule has 0 bridgehead atoms. The lowest BCUT2D eigenvalue weighted by molar-refractivity contribution is -0.116. The van der Waals surface area contributed by atoms with Gasteiger partial charge in [0.15, 0.2) is 0 Å². The van der Waals surface area contributed by atoms with Crippen LogP contribution in [0.25, 0.3) is 17.0 Å². The summed E-state index contributed by atoms with van der Waals surface area (Å²) in [6, 6.07) is 13.7. The molecule has 5 heteroatoms. The molecule has 2 heterocycles. The van der Waals surface area contributed by atoms with Gasteiger partial charge in [-0.15, -0.1) is 0 Å². The van der Waals surface area contributed by atoms with Gasteiger partial charge in [0.05, 0.1) is 5.52 Å². The summed E-state index contributed by atoms with van der Waals surface area (Å²) in [7, 11) is 3.91. The molecule has 1 N–H and O–H groups in total. The van der Waals surface area contributed by atoms with Crippen LogP contribution >= 0.6 is 0 Å². The molecule has 0 aliphatic heterocycles. The summed E-state index contributed by atoms with van der Waals surface area (Å²) in [6.45, 7) is 0.445. The van der Waals surface area contributed by atoms with Crippen molar-refractivity contribution >= 4 is 28.7 Å². The van der Waals surface area contributed by atoms with Crippen LogP contribution in [0.5, 0.6) is 0 Å². The maximum Gasteiger partial charge on any atom is 0.244 e. The Hall–Kier alpha value is -3.21. The highest BCUT2D eigenvalue weighted by Gasteiger charge is 2.07. The summed E-state index contributed by atoms with van der Waals surface area (Å²) in [5.74, 6) is 0.727. The molecule has 1 aromatic carbocycles. The Bertz CT molecular complexity index is 904. The minimum absolute atomic E-state index is 0.142. The molecule has 0 unspecified atom stereocenters. The molecule has 0 atom stereocenters. The van der Waals surface area contributed by atoms with Crippen molar-refractivity contribution in [3.05, 3.63) is 72.1 Å². The zero-order valence-electron chi connectivity index (χ0n) is 14.3. The number of rotatable bonds is 5. The van der Waals surface area contributed by atoms with Gasteiger partial charge in [-0.05, 0) is 35.4 Å². The number of carbonyl (C=O) groups is 1. The minimum atomic E-state index is -0.142. The molecular weight excluding hydrogens is 312 g/mol. The van der Waals surface area contributed by atoms with Crippen LogP contribution in [0.4, 0.5) is 5.82 Å². The van der Waals surface area contributed by atoms with Gasteiger partial charge in [0, 0.05) is 44.5 Å². The molecule has 3 rings (SSSR count). The number of fused-ring (bicyclic) bond motifs is 1. The van der Waals surface area contributed by atoms with Crippen molar-refractivity contribution in [2.75, 3.05) is 19.0 Å². The van der Waals surface area contributed by atoms with E-state index in [9.17, 15) is 4.79 Å². The average molecular weight is 332 g/mol. The normalized spacial score (nSPS) is 11.0. The zero-order chi connectivity index (χ0) is 17.6. The van der Waals surface area contributed by atoms with Gasteiger partial charge in [0.1, 0.15) is 5.82 Å². The van der Waals surface area contributed by atoms with Gasteiger partial charge in [0.25, 0.3) is 0 Å². The van der Waals surface area contributed by atoms with Gasteiger partial charge in [-0.3, -0.25) is 9.78 Å². The van der Waals surface area contributed by atoms with E-state index in [1.807, 2.05) is 61.5 Å². The fourth-order valence-electron chi connectivity index (χ4n) is 2.50. The maximum absolute atomic E-state index is 12.1. The second-order valence-electron chi connectivity index (χ2n) is 5.89.